The van der Waals surface area contributed by atoms with Gasteiger partial charge in [0.1, 0.15) is 11.4 Å². The van der Waals surface area contributed by atoms with Crippen LogP contribution < -0.4 is 5.73 Å². The van der Waals surface area contributed by atoms with E-state index in [0.29, 0.717) is 5.82 Å². The lowest BCUT2D eigenvalue weighted by molar-refractivity contribution is 0.156. The summed E-state index contributed by atoms with van der Waals surface area (Å²) in [5, 5.41) is 0.163. The molecule has 2 N–H and O–H groups in total. The Balaban J connectivity index is 2.25. The van der Waals surface area contributed by atoms with E-state index in [1.807, 2.05) is 30.5 Å². The SMILES string of the molecule is CC(C)(C)[SiH2]OC(c1ccccc1)(c1ccccc1)c1ccc(N)nc1. The van der Waals surface area contributed by atoms with Crippen LogP contribution in [-0.2, 0) is 10.0 Å². The first-order chi connectivity index (χ1) is 12.4. The number of hydrogen-bond acceptors (Lipinski definition) is 3. The lowest BCUT2D eigenvalue weighted by Crippen LogP contribution is -2.36. The highest BCUT2D eigenvalue weighted by molar-refractivity contribution is 6.32. The van der Waals surface area contributed by atoms with E-state index in [1.54, 1.807) is 0 Å². The molecule has 0 radical (unpaired) electrons. The molecule has 0 fully saturated rings. The van der Waals surface area contributed by atoms with Crippen molar-refractivity contribution in [2.75, 3.05) is 5.73 Å². The van der Waals surface area contributed by atoms with Crippen LogP contribution in [0, 0.1) is 0 Å². The summed E-state index contributed by atoms with van der Waals surface area (Å²) >= 11 is 0. The molecule has 0 aliphatic rings. The molecule has 0 saturated carbocycles. The molecule has 0 saturated heterocycles. The van der Waals surface area contributed by atoms with Crippen LogP contribution in [0.4, 0.5) is 5.82 Å². The fourth-order valence-corrected chi connectivity index (χ4v) is 4.18. The van der Waals surface area contributed by atoms with Crippen molar-refractivity contribution >= 4 is 15.6 Å². The topological polar surface area (TPSA) is 48.1 Å². The van der Waals surface area contributed by atoms with Gasteiger partial charge in [-0.1, -0.05) is 87.5 Å². The number of hydrogen-bond donors (Lipinski definition) is 1. The normalized spacial score (nSPS) is 12.6. The van der Waals surface area contributed by atoms with Crippen molar-refractivity contribution in [2.24, 2.45) is 0 Å². The maximum atomic E-state index is 6.85. The van der Waals surface area contributed by atoms with Crippen LogP contribution in [0.2, 0.25) is 5.04 Å². The molecule has 1 aromatic heterocycles. The molecule has 134 valence electrons. The minimum atomic E-state index is -0.855. The van der Waals surface area contributed by atoms with Gasteiger partial charge in [0, 0.05) is 11.8 Å². The van der Waals surface area contributed by atoms with Crippen LogP contribution in [0.25, 0.3) is 0 Å². The van der Waals surface area contributed by atoms with Crippen LogP contribution >= 0.6 is 0 Å². The summed E-state index contributed by atoms with van der Waals surface area (Å²) in [7, 11) is -0.855. The van der Waals surface area contributed by atoms with Crippen molar-refractivity contribution in [1.82, 2.24) is 4.98 Å². The predicted octanol–water partition coefficient (Wildman–Crippen LogP) is 4.27. The lowest BCUT2D eigenvalue weighted by Gasteiger charge is -2.38. The number of pyridine rings is 1. The van der Waals surface area contributed by atoms with Crippen molar-refractivity contribution in [3.63, 3.8) is 0 Å². The molecule has 4 heteroatoms. The first kappa shape index (κ1) is 18.4. The molecule has 0 unspecified atom stereocenters. The third kappa shape index (κ3) is 3.87. The van der Waals surface area contributed by atoms with Crippen LogP contribution in [0.1, 0.15) is 37.5 Å². The van der Waals surface area contributed by atoms with Crippen molar-refractivity contribution in [1.29, 1.82) is 0 Å². The smallest absolute Gasteiger partial charge is 0.169 e. The van der Waals surface area contributed by atoms with Crippen molar-refractivity contribution in [2.45, 2.75) is 31.4 Å². The molecule has 0 spiro atoms. The van der Waals surface area contributed by atoms with Gasteiger partial charge in [-0.2, -0.15) is 0 Å². The predicted molar refractivity (Wildman–Crippen MR) is 111 cm³/mol. The van der Waals surface area contributed by atoms with E-state index in [1.165, 1.54) is 0 Å². The molecule has 1 heterocycles. The van der Waals surface area contributed by atoms with Gasteiger partial charge < -0.3 is 10.2 Å². The van der Waals surface area contributed by atoms with Gasteiger partial charge in [0.05, 0.1) is 0 Å². The van der Waals surface area contributed by atoms with E-state index < -0.39 is 15.4 Å². The lowest BCUT2D eigenvalue weighted by atomic mass is 9.81. The molecule has 26 heavy (non-hydrogen) atoms. The summed E-state index contributed by atoms with van der Waals surface area (Å²) in [4.78, 5) is 4.35. The van der Waals surface area contributed by atoms with Gasteiger partial charge in [-0.3, -0.25) is 0 Å². The Morgan fingerprint density at radius 3 is 1.73 bits per heavy atom. The highest BCUT2D eigenvalue weighted by Crippen LogP contribution is 2.41. The van der Waals surface area contributed by atoms with E-state index >= 15 is 0 Å². The number of nitrogens with zero attached hydrogens (tertiary/aromatic N) is 1. The highest BCUT2D eigenvalue weighted by Gasteiger charge is 2.38. The Labute approximate surface area is 158 Å². The van der Waals surface area contributed by atoms with Gasteiger partial charge >= 0.3 is 0 Å². The summed E-state index contributed by atoms with van der Waals surface area (Å²) in [5.41, 5.74) is 8.38. The second-order valence-electron chi connectivity index (χ2n) is 7.73. The third-order valence-corrected chi connectivity index (χ3v) is 5.72. The number of benzene rings is 2. The second-order valence-corrected chi connectivity index (χ2v) is 10.4. The highest BCUT2D eigenvalue weighted by atomic mass is 28.2. The Bertz CT molecular complexity index is 788. The van der Waals surface area contributed by atoms with Crippen LogP contribution in [0.5, 0.6) is 0 Å². The molecular formula is C22H26N2OSi. The van der Waals surface area contributed by atoms with E-state index in [-0.39, 0.29) is 5.04 Å². The number of aromatic nitrogens is 1. The Hall–Kier alpha value is -2.43. The fraction of sp³-hybridized carbons (Fsp3) is 0.227. The molecule has 0 bridgehead atoms. The van der Waals surface area contributed by atoms with Crippen LogP contribution in [0.3, 0.4) is 0 Å². The van der Waals surface area contributed by atoms with Crippen molar-refractivity contribution < 1.29 is 4.43 Å². The minimum Gasteiger partial charge on any atom is -0.406 e. The molecule has 0 aliphatic heterocycles. The average molecular weight is 363 g/mol. The first-order valence-corrected chi connectivity index (χ1v) is 10.2. The van der Waals surface area contributed by atoms with E-state index in [2.05, 4.69) is 74.3 Å². The minimum absolute atomic E-state index is 0.163. The molecule has 3 rings (SSSR count). The van der Waals surface area contributed by atoms with Crippen LogP contribution in [0.15, 0.2) is 79.0 Å². The summed E-state index contributed by atoms with van der Waals surface area (Å²) in [6, 6.07) is 24.7. The molecule has 2 aromatic carbocycles. The van der Waals surface area contributed by atoms with Gasteiger partial charge in [0.2, 0.25) is 0 Å². The summed E-state index contributed by atoms with van der Waals surface area (Å²) in [6.45, 7) is 6.71. The number of rotatable bonds is 5. The van der Waals surface area contributed by atoms with Gasteiger partial charge in [-0.25, -0.2) is 4.98 Å². The number of nitrogen functional groups attached to an aromatic ring is 1. The number of nitrogens with two attached hydrogens (primary N) is 1. The van der Waals surface area contributed by atoms with Gasteiger partial charge in [-0.15, -0.1) is 0 Å². The Morgan fingerprint density at radius 2 is 1.31 bits per heavy atom. The largest absolute Gasteiger partial charge is 0.406 e. The zero-order valence-electron chi connectivity index (χ0n) is 15.6. The first-order valence-electron chi connectivity index (χ1n) is 8.89. The molecule has 3 aromatic rings. The van der Waals surface area contributed by atoms with E-state index in [0.717, 1.165) is 16.7 Å². The zero-order chi connectivity index (χ0) is 18.6. The molecule has 3 nitrogen and oxygen atoms in total. The Morgan fingerprint density at radius 1 is 0.769 bits per heavy atom. The summed E-state index contributed by atoms with van der Waals surface area (Å²) in [5.74, 6) is 0.511. The van der Waals surface area contributed by atoms with Gasteiger partial charge in [0.25, 0.3) is 0 Å². The van der Waals surface area contributed by atoms with Gasteiger partial charge in [0.15, 0.2) is 9.76 Å². The maximum absolute atomic E-state index is 6.85. The quantitative estimate of drug-likeness (QED) is 0.689. The average Bonchev–Trinajstić information content (AvgIpc) is 2.64. The zero-order valence-corrected chi connectivity index (χ0v) is 17.1. The fourth-order valence-electron chi connectivity index (χ4n) is 3.03. The Kier molecular flexibility index (Phi) is 5.25. The maximum Gasteiger partial charge on any atom is 0.169 e. The second kappa shape index (κ2) is 7.44. The van der Waals surface area contributed by atoms with Gasteiger partial charge in [-0.05, 0) is 22.2 Å². The summed E-state index contributed by atoms with van der Waals surface area (Å²) in [6.07, 6.45) is 1.84. The molecule has 0 amide bonds. The standard InChI is InChI=1S/C22H26N2OSi/c1-21(2,3)26-25-22(17-10-6-4-7-11-17,18-12-8-5-9-13-18)19-14-15-20(23)24-16-19/h4-16H,26H2,1-3H3,(H2,23,24). The summed E-state index contributed by atoms with van der Waals surface area (Å²) < 4.78 is 6.85. The molecule has 0 aliphatic carbocycles. The molecule has 0 atom stereocenters. The monoisotopic (exact) mass is 362 g/mol. The third-order valence-electron chi connectivity index (χ3n) is 4.28. The van der Waals surface area contributed by atoms with Crippen molar-refractivity contribution in [3.05, 3.63) is 95.7 Å². The molecular weight excluding hydrogens is 336 g/mol. The van der Waals surface area contributed by atoms with E-state index in [4.69, 9.17) is 10.2 Å². The van der Waals surface area contributed by atoms with E-state index in [9.17, 15) is 0 Å². The number of anilines is 1. The van der Waals surface area contributed by atoms with Crippen molar-refractivity contribution in [3.8, 4) is 0 Å². The van der Waals surface area contributed by atoms with Crippen LogP contribution in [-0.4, -0.2) is 14.7 Å².